The second-order valence-electron chi connectivity index (χ2n) is 24.5. The number of hydrogen-bond donors (Lipinski definition) is 1. The summed E-state index contributed by atoms with van der Waals surface area (Å²) in [5.41, 5.74) is 10.5. The fourth-order valence-corrected chi connectivity index (χ4v) is 10.2. The maximum Gasteiger partial charge on any atom is 0.187 e. The maximum atomic E-state index is 11.8. The standard InChI is InChI=1S/C71H137N3O20/c1-13-25-37-76-49-57(82-43-31-19-7)58(50-77-38-26-14-2)90-63(55-81-42-30-18-6)88-53-59(56(48-75)89-62(83-36-24-12)54-80-41-29-17-5)91-71-69(68(87-47-35-23-11)66(85-45-33-21-9)61(93-71)52-79-40-28-16-4)94-70-64(73-74-72)67(86-46-34-22-10)65(84-44-32-20-8)60(92-70)51-78-39-27-15-3/h24,56-71,75H,12-23,25-55H2,1-11H3/t56?,57-,58?,59-,60?,61?,62-,63+,64?,65+,66+,67?,68?,69?,70-,71+/m0/s1. The van der Waals surface area contributed by atoms with Crippen LogP contribution in [0.3, 0.4) is 0 Å². The molecule has 16 atom stereocenters. The minimum atomic E-state index is -1.37. The summed E-state index contributed by atoms with van der Waals surface area (Å²) in [5, 5.41) is 16.2. The zero-order chi connectivity index (χ0) is 68.5. The number of unbranched alkanes of at least 4 members (excludes halogenated alkanes) is 11. The number of rotatable bonds is 68. The second kappa shape index (κ2) is 61.1. The molecule has 0 amide bonds. The average molecular weight is 1350 g/mol. The van der Waals surface area contributed by atoms with Gasteiger partial charge in [-0.3, -0.25) is 0 Å². The average Bonchev–Trinajstić information content (AvgIpc) is 0.775. The molecule has 0 saturated carbocycles. The highest BCUT2D eigenvalue weighted by Crippen LogP contribution is 2.37. The van der Waals surface area contributed by atoms with Gasteiger partial charge in [0.25, 0.3) is 0 Å². The van der Waals surface area contributed by atoms with Crippen molar-refractivity contribution in [1.82, 2.24) is 0 Å². The van der Waals surface area contributed by atoms with Crippen molar-refractivity contribution < 1.29 is 95.1 Å². The molecule has 0 bridgehead atoms. The molecule has 0 aromatic heterocycles. The molecule has 94 heavy (non-hydrogen) atoms. The Morgan fingerprint density at radius 1 is 0.415 bits per heavy atom. The molecule has 0 aromatic carbocycles. The van der Waals surface area contributed by atoms with Gasteiger partial charge in [-0.2, -0.15) is 0 Å². The van der Waals surface area contributed by atoms with Crippen LogP contribution in [0.1, 0.15) is 217 Å². The van der Waals surface area contributed by atoms with Crippen molar-refractivity contribution in [1.29, 1.82) is 0 Å². The van der Waals surface area contributed by atoms with Crippen LogP contribution in [-0.4, -0.2) is 236 Å². The molecule has 0 aromatic rings. The number of nitrogens with zero attached hydrogens (tertiary/aromatic N) is 3. The Balaban J connectivity index is 3.15. The van der Waals surface area contributed by atoms with Gasteiger partial charge in [0.2, 0.25) is 0 Å². The summed E-state index contributed by atoms with van der Waals surface area (Å²) in [6, 6.07) is -1.09. The summed E-state index contributed by atoms with van der Waals surface area (Å²) >= 11 is 0. The van der Waals surface area contributed by atoms with E-state index in [0.717, 1.165) is 135 Å². The number of hydrogen-bond acceptors (Lipinski definition) is 21. The lowest BCUT2D eigenvalue weighted by molar-refractivity contribution is -0.377. The molecular formula is C71H137N3O20. The van der Waals surface area contributed by atoms with Crippen LogP contribution in [0, 0.1) is 0 Å². The van der Waals surface area contributed by atoms with Gasteiger partial charge in [-0.15, -0.1) is 6.58 Å². The van der Waals surface area contributed by atoms with Crippen LogP contribution in [0.2, 0.25) is 0 Å². The summed E-state index contributed by atoms with van der Waals surface area (Å²) in [6.07, 6.45) is 6.44. The van der Waals surface area contributed by atoms with E-state index in [-0.39, 0.29) is 52.9 Å². The number of azide groups is 1. The predicted octanol–water partition coefficient (Wildman–Crippen LogP) is 13.3. The van der Waals surface area contributed by atoms with Crippen LogP contribution >= 0.6 is 0 Å². The van der Waals surface area contributed by atoms with Crippen molar-refractivity contribution in [3.63, 3.8) is 0 Å². The molecule has 2 aliphatic heterocycles. The van der Waals surface area contributed by atoms with Crippen LogP contribution in [0.4, 0.5) is 0 Å². The highest BCUT2D eigenvalue weighted by molar-refractivity contribution is 5.00. The first-order valence-corrected chi connectivity index (χ1v) is 37.1. The van der Waals surface area contributed by atoms with Crippen molar-refractivity contribution >= 4 is 0 Å². The first-order valence-electron chi connectivity index (χ1n) is 37.1. The van der Waals surface area contributed by atoms with E-state index in [1.807, 2.05) is 0 Å². The van der Waals surface area contributed by atoms with Crippen LogP contribution < -0.4 is 0 Å². The highest BCUT2D eigenvalue weighted by atomic mass is 16.8. The van der Waals surface area contributed by atoms with Crippen LogP contribution in [-0.2, 0) is 90.0 Å². The molecule has 0 aliphatic carbocycles. The van der Waals surface area contributed by atoms with Crippen molar-refractivity contribution in [2.24, 2.45) is 5.11 Å². The smallest absolute Gasteiger partial charge is 0.187 e. The molecule has 1 N–H and O–H groups in total. The molecule has 23 heteroatoms. The second-order valence-corrected chi connectivity index (χ2v) is 24.5. The molecule has 2 fully saturated rings. The number of aliphatic hydroxyl groups excluding tert-OH is 1. The van der Waals surface area contributed by atoms with Crippen LogP contribution in [0.5, 0.6) is 0 Å². The van der Waals surface area contributed by atoms with Crippen molar-refractivity contribution in [2.75, 3.05) is 132 Å². The predicted molar refractivity (Wildman–Crippen MR) is 364 cm³/mol. The monoisotopic (exact) mass is 1350 g/mol. The largest absolute Gasteiger partial charge is 0.394 e. The quantitative estimate of drug-likeness (QED) is 0.0148. The van der Waals surface area contributed by atoms with Gasteiger partial charge in [0, 0.05) is 77.6 Å². The van der Waals surface area contributed by atoms with E-state index in [1.54, 1.807) is 6.08 Å². The van der Waals surface area contributed by atoms with E-state index in [9.17, 15) is 10.6 Å². The Hall–Kier alpha value is -1.75. The van der Waals surface area contributed by atoms with Gasteiger partial charge >= 0.3 is 0 Å². The molecule has 0 spiro atoms. The molecule has 23 nitrogen and oxygen atoms in total. The summed E-state index contributed by atoms with van der Waals surface area (Å²) in [7, 11) is 0. The molecule has 2 aliphatic rings. The number of ether oxygens (including phenoxy) is 19. The van der Waals surface area contributed by atoms with E-state index < -0.39 is 105 Å². The molecule has 2 heterocycles. The Morgan fingerprint density at radius 3 is 1.28 bits per heavy atom. The van der Waals surface area contributed by atoms with Crippen LogP contribution in [0.25, 0.3) is 10.4 Å². The van der Waals surface area contributed by atoms with E-state index in [4.69, 9.17) is 90.0 Å². The van der Waals surface area contributed by atoms with Gasteiger partial charge in [0.05, 0.1) is 65.6 Å². The van der Waals surface area contributed by atoms with Gasteiger partial charge < -0.3 is 95.1 Å². The van der Waals surface area contributed by atoms with Gasteiger partial charge in [0.15, 0.2) is 25.2 Å². The topological polar surface area (TPSA) is 244 Å². The summed E-state index contributed by atoms with van der Waals surface area (Å²) in [6.45, 7) is 32.2. The lowest BCUT2D eigenvalue weighted by Gasteiger charge is -2.50. The minimum absolute atomic E-state index is 0.0261. The molecule has 0 radical (unpaired) electrons. The van der Waals surface area contributed by atoms with E-state index in [2.05, 4.69) is 92.8 Å². The minimum Gasteiger partial charge on any atom is -0.394 e. The van der Waals surface area contributed by atoms with Gasteiger partial charge in [0.1, 0.15) is 67.1 Å². The zero-order valence-corrected chi connectivity index (χ0v) is 60.8. The Bertz CT molecular complexity index is 1730. The summed E-state index contributed by atoms with van der Waals surface area (Å²) in [5.74, 6) is 0. The summed E-state index contributed by atoms with van der Waals surface area (Å²) in [4.78, 5) is 3.41. The van der Waals surface area contributed by atoms with Crippen molar-refractivity contribution in [2.45, 2.75) is 316 Å². The third-order valence-electron chi connectivity index (χ3n) is 16.1. The molecule has 2 saturated heterocycles. The van der Waals surface area contributed by atoms with Crippen molar-refractivity contribution in [3.8, 4) is 0 Å². The summed E-state index contributed by atoms with van der Waals surface area (Å²) < 4.78 is 128. The zero-order valence-electron chi connectivity index (χ0n) is 60.8. The fraction of sp³-hybridized carbons (Fsp3) is 0.972. The SMILES string of the molecule is C=CCO[C@H](COCCCC)OC(CO)[C@H](CO[C@@H](COCCCC)OC(COCCCC)[C@H](COCCCC)OCCCC)O[C@@H]1OC(COCCCC)[C@@H](OCCCC)C(OCCCC)C1O[C@@H]1OC(COCCCC)[C@@H](OCCCC)C(OCCCC)C1N=[N+]=[N-]. The third kappa shape index (κ3) is 38.2. The van der Waals surface area contributed by atoms with E-state index in [1.165, 1.54) is 0 Å². The van der Waals surface area contributed by atoms with Gasteiger partial charge in [-0.1, -0.05) is 158 Å². The normalized spacial score (nSPS) is 23.6. The lowest BCUT2D eigenvalue weighted by atomic mass is 9.95. The molecule has 2 rings (SSSR count). The maximum absolute atomic E-state index is 11.8. The van der Waals surface area contributed by atoms with Gasteiger partial charge in [-0.05, 0) is 76.2 Å². The molecular weight excluding hydrogens is 1210 g/mol. The first-order chi connectivity index (χ1) is 46.2. The van der Waals surface area contributed by atoms with E-state index in [0.29, 0.717) is 79.1 Å². The van der Waals surface area contributed by atoms with E-state index >= 15 is 0 Å². The fourth-order valence-electron chi connectivity index (χ4n) is 10.2. The Labute approximate surface area is 569 Å². The highest BCUT2D eigenvalue weighted by Gasteiger charge is 2.55. The number of aliphatic hydroxyl groups is 1. The lowest BCUT2D eigenvalue weighted by Crippen LogP contribution is -2.66. The Morgan fingerprint density at radius 2 is 0.809 bits per heavy atom. The van der Waals surface area contributed by atoms with Crippen molar-refractivity contribution in [3.05, 3.63) is 23.1 Å². The molecule has 556 valence electrons. The first kappa shape index (κ1) is 88.3. The Kier molecular flexibility index (Phi) is 57.5. The molecule has 8 unspecified atom stereocenters. The van der Waals surface area contributed by atoms with Gasteiger partial charge in [-0.25, -0.2) is 0 Å². The van der Waals surface area contributed by atoms with Crippen LogP contribution in [0.15, 0.2) is 17.8 Å². The third-order valence-corrected chi connectivity index (χ3v) is 16.1.